The number of amides is 1. The lowest BCUT2D eigenvalue weighted by Crippen LogP contribution is -2.43. The predicted molar refractivity (Wildman–Crippen MR) is 87.1 cm³/mol. The number of carbonyl (C=O) groups is 1. The van der Waals surface area contributed by atoms with Crippen molar-refractivity contribution in [2.45, 2.75) is 31.8 Å². The van der Waals surface area contributed by atoms with Gasteiger partial charge < -0.3 is 10.0 Å². The van der Waals surface area contributed by atoms with Gasteiger partial charge >= 0.3 is 0 Å². The fourth-order valence-corrected chi connectivity index (χ4v) is 3.05. The first-order valence-corrected chi connectivity index (χ1v) is 8.14. The molecular weight excluding hydrogens is 302 g/mol. The summed E-state index contributed by atoms with van der Waals surface area (Å²) in [7, 11) is 0. The second-order valence-electron chi connectivity index (χ2n) is 5.87. The second-order valence-corrected chi connectivity index (χ2v) is 6.31. The molecule has 0 bridgehead atoms. The monoisotopic (exact) mass is 325 g/mol. The van der Waals surface area contributed by atoms with Gasteiger partial charge in [-0.2, -0.15) is 0 Å². The van der Waals surface area contributed by atoms with Gasteiger partial charge in [0.2, 0.25) is 5.91 Å². The van der Waals surface area contributed by atoms with Gasteiger partial charge in [-0.25, -0.2) is 5.84 Å². The lowest BCUT2D eigenvalue weighted by molar-refractivity contribution is -0.127. The van der Waals surface area contributed by atoms with Crippen molar-refractivity contribution in [3.05, 3.63) is 34.9 Å². The van der Waals surface area contributed by atoms with E-state index < -0.39 is 6.10 Å². The smallest absolute Gasteiger partial charge is 0.238 e. The summed E-state index contributed by atoms with van der Waals surface area (Å²) in [5.74, 6) is 4.75. The van der Waals surface area contributed by atoms with Crippen molar-refractivity contribution in [3.63, 3.8) is 0 Å². The molecule has 1 aromatic rings. The zero-order valence-electron chi connectivity index (χ0n) is 12.7. The number of hydrogen-bond acceptors (Lipinski definition) is 4. The van der Waals surface area contributed by atoms with Gasteiger partial charge in [0.1, 0.15) is 0 Å². The number of nitrogens with two attached hydrogens (primary N) is 1. The molecule has 0 aromatic heterocycles. The van der Waals surface area contributed by atoms with Crippen molar-refractivity contribution in [2.75, 3.05) is 19.6 Å². The van der Waals surface area contributed by atoms with Gasteiger partial charge in [-0.05, 0) is 50.0 Å². The number of likely N-dealkylation sites (tertiary alicyclic amines) is 1. The van der Waals surface area contributed by atoms with Crippen molar-refractivity contribution >= 4 is 17.5 Å². The molecule has 0 radical (unpaired) electrons. The maximum Gasteiger partial charge on any atom is 0.238 e. The Morgan fingerprint density at radius 3 is 2.50 bits per heavy atom. The first-order valence-electron chi connectivity index (χ1n) is 7.76. The van der Waals surface area contributed by atoms with Gasteiger partial charge in [0, 0.05) is 11.6 Å². The van der Waals surface area contributed by atoms with Crippen LogP contribution in [0.4, 0.5) is 0 Å². The highest BCUT2D eigenvalue weighted by Gasteiger charge is 2.25. The lowest BCUT2D eigenvalue weighted by Gasteiger charge is -2.30. The first kappa shape index (κ1) is 17.2. The SMILES string of the molecule is NNC(=O)C(CC(O)c1ccc(Cl)cc1)CN1CCCCC1. The van der Waals surface area contributed by atoms with Crippen LogP contribution in [0.2, 0.25) is 5.02 Å². The zero-order chi connectivity index (χ0) is 15.9. The molecule has 1 aliphatic rings. The highest BCUT2D eigenvalue weighted by molar-refractivity contribution is 6.30. The van der Waals surface area contributed by atoms with Crippen LogP contribution in [0, 0.1) is 5.92 Å². The number of halogens is 1. The maximum atomic E-state index is 12.0. The molecule has 1 fully saturated rings. The third-order valence-electron chi connectivity index (χ3n) is 4.20. The summed E-state index contributed by atoms with van der Waals surface area (Å²) in [6.07, 6.45) is 3.22. The van der Waals surface area contributed by atoms with Crippen LogP contribution < -0.4 is 11.3 Å². The fourth-order valence-electron chi connectivity index (χ4n) is 2.93. The Bertz CT molecular complexity index is 475. The molecule has 1 amide bonds. The number of piperidine rings is 1. The Hall–Kier alpha value is -1.14. The molecule has 1 aromatic carbocycles. The molecule has 5 nitrogen and oxygen atoms in total. The molecule has 6 heteroatoms. The fraction of sp³-hybridized carbons (Fsp3) is 0.562. The van der Waals surface area contributed by atoms with Crippen LogP contribution in [0.3, 0.4) is 0 Å². The molecule has 0 saturated carbocycles. The largest absolute Gasteiger partial charge is 0.388 e. The molecule has 1 aliphatic heterocycles. The van der Waals surface area contributed by atoms with Crippen molar-refractivity contribution < 1.29 is 9.90 Å². The maximum absolute atomic E-state index is 12.0. The topological polar surface area (TPSA) is 78.6 Å². The van der Waals surface area contributed by atoms with E-state index in [1.165, 1.54) is 6.42 Å². The minimum absolute atomic E-state index is 0.224. The van der Waals surface area contributed by atoms with E-state index in [0.29, 0.717) is 18.0 Å². The highest BCUT2D eigenvalue weighted by atomic mass is 35.5. The molecule has 4 N–H and O–H groups in total. The van der Waals surface area contributed by atoms with Crippen LogP contribution in [0.1, 0.15) is 37.4 Å². The highest BCUT2D eigenvalue weighted by Crippen LogP contribution is 2.24. The number of carbonyl (C=O) groups excluding carboxylic acids is 1. The molecule has 1 saturated heterocycles. The zero-order valence-corrected chi connectivity index (χ0v) is 13.4. The molecule has 0 aliphatic carbocycles. The van der Waals surface area contributed by atoms with Crippen LogP contribution in [0.25, 0.3) is 0 Å². The van der Waals surface area contributed by atoms with Crippen molar-refractivity contribution in [1.29, 1.82) is 0 Å². The minimum Gasteiger partial charge on any atom is -0.388 e. The summed E-state index contributed by atoms with van der Waals surface area (Å²) in [5.41, 5.74) is 2.98. The molecule has 2 atom stereocenters. The molecule has 122 valence electrons. The Kier molecular flexibility index (Phi) is 6.64. The average molecular weight is 326 g/mol. The summed E-state index contributed by atoms with van der Waals surface area (Å²) < 4.78 is 0. The quantitative estimate of drug-likeness (QED) is 0.424. The molecular formula is C16H24ClN3O2. The van der Waals surface area contributed by atoms with Crippen molar-refractivity contribution in [3.8, 4) is 0 Å². The van der Waals surface area contributed by atoms with E-state index in [2.05, 4.69) is 10.3 Å². The van der Waals surface area contributed by atoms with E-state index in [0.717, 1.165) is 31.5 Å². The standard InChI is InChI=1S/C16H24ClN3O2/c17-14-6-4-12(5-7-14)15(21)10-13(16(22)19-18)11-20-8-2-1-3-9-20/h4-7,13,15,21H,1-3,8-11,18H2,(H,19,22). The molecule has 0 spiro atoms. The van der Waals surface area contributed by atoms with Crippen LogP contribution in [0.15, 0.2) is 24.3 Å². The van der Waals surface area contributed by atoms with Gasteiger partial charge in [-0.3, -0.25) is 10.2 Å². The summed E-state index contributed by atoms with van der Waals surface area (Å²) in [6, 6.07) is 7.04. The first-order chi connectivity index (χ1) is 10.6. The van der Waals surface area contributed by atoms with Crippen LogP contribution >= 0.6 is 11.6 Å². The van der Waals surface area contributed by atoms with E-state index in [4.69, 9.17) is 17.4 Å². The van der Waals surface area contributed by atoms with Gasteiger partial charge in [0.25, 0.3) is 0 Å². The normalized spacial score (nSPS) is 18.7. The van der Waals surface area contributed by atoms with Crippen LogP contribution in [0.5, 0.6) is 0 Å². The molecule has 2 unspecified atom stereocenters. The lowest BCUT2D eigenvalue weighted by atomic mass is 9.95. The minimum atomic E-state index is -0.704. The van der Waals surface area contributed by atoms with Crippen molar-refractivity contribution in [2.24, 2.45) is 11.8 Å². The van der Waals surface area contributed by atoms with Crippen molar-refractivity contribution in [1.82, 2.24) is 10.3 Å². The predicted octanol–water partition coefficient (Wildman–Crippen LogP) is 1.86. The number of benzene rings is 1. The Morgan fingerprint density at radius 2 is 1.91 bits per heavy atom. The Balaban J connectivity index is 1.98. The number of nitrogens with one attached hydrogen (secondary N) is 1. The molecule has 1 heterocycles. The number of nitrogens with zero attached hydrogens (tertiary/aromatic N) is 1. The van der Waals surface area contributed by atoms with Gasteiger partial charge in [0.15, 0.2) is 0 Å². The summed E-state index contributed by atoms with van der Waals surface area (Å²) in [6.45, 7) is 2.64. The number of rotatable bonds is 6. The van der Waals surface area contributed by atoms with E-state index >= 15 is 0 Å². The molecule has 22 heavy (non-hydrogen) atoms. The number of hydrogen-bond donors (Lipinski definition) is 3. The van der Waals surface area contributed by atoms with Gasteiger partial charge in [0.05, 0.1) is 12.0 Å². The number of aliphatic hydroxyl groups excluding tert-OH is 1. The van der Waals surface area contributed by atoms with E-state index in [1.54, 1.807) is 24.3 Å². The van der Waals surface area contributed by atoms with Gasteiger partial charge in [-0.1, -0.05) is 30.2 Å². The third kappa shape index (κ3) is 4.95. The van der Waals surface area contributed by atoms with Crippen LogP contribution in [-0.2, 0) is 4.79 Å². The average Bonchev–Trinajstić information content (AvgIpc) is 2.55. The van der Waals surface area contributed by atoms with E-state index in [-0.39, 0.29) is 11.8 Å². The summed E-state index contributed by atoms with van der Waals surface area (Å²) >= 11 is 5.85. The van der Waals surface area contributed by atoms with E-state index in [9.17, 15) is 9.90 Å². The summed E-state index contributed by atoms with van der Waals surface area (Å²) in [5, 5.41) is 11.0. The second kappa shape index (κ2) is 8.48. The number of hydrazine groups is 1. The Morgan fingerprint density at radius 1 is 1.27 bits per heavy atom. The molecule has 2 rings (SSSR count). The van der Waals surface area contributed by atoms with E-state index in [1.807, 2.05) is 0 Å². The number of aliphatic hydroxyl groups is 1. The Labute approximate surface area is 136 Å². The third-order valence-corrected chi connectivity index (χ3v) is 4.45. The van der Waals surface area contributed by atoms with Crippen LogP contribution in [-0.4, -0.2) is 35.5 Å². The van der Waals surface area contributed by atoms with Gasteiger partial charge in [-0.15, -0.1) is 0 Å². The summed E-state index contributed by atoms with van der Waals surface area (Å²) in [4.78, 5) is 14.3.